The van der Waals surface area contributed by atoms with Crippen LogP contribution in [0.1, 0.15) is 12.7 Å². The van der Waals surface area contributed by atoms with Crippen LogP contribution in [0.4, 0.5) is 0 Å². The zero-order chi connectivity index (χ0) is 11.5. The van der Waals surface area contributed by atoms with Gasteiger partial charge in [-0.1, -0.05) is 34.1 Å². The number of halogens is 1. The average molecular weight is 279 g/mol. The highest BCUT2D eigenvalue weighted by Gasteiger charge is 2.07. The van der Waals surface area contributed by atoms with E-state index in [4.69, 9.17) is 0 Å². The highest BCUT2D eigenvalue weighted by atomic mass is 79.9. The minimum Gasteiger partial charge on any atom is -0.342 e. The van der Waals surface area contributed by atoms with Crippen molar-refractivity contribution >= 4 is 21.7 Å². The van der Waals surface area contributed by atoms with Gasteiger partial charge >= 0.3 is 0 Å². The second kappa shape index (κ2) is 4.61. The summed E-state index contributed by atoms with van der Waals surface area (Å²) in [6.45, 7) is 1.56. The van der Waals surface area contributed by atoms with Crippen molar-refractivity contribution in [3.63, 3.8) is 0 Å². The lowest BCUT2D eigenvalue weighted by molar-refractivity contribution is -0.116. The molecule has 0 fully saturated rings. The van der Waals surface area contributed by atoms with Gasteiger partial charge in [0.05, 0.1) is 18.3 Å². The first-order valence-corrected chi connectivity index (χ1v) is 5.74. The largest absolute Gasteiger partial charge is 0.342 e. The molecule has 3 nitrogen and oxygen atoms in total. The van der Waals surface area contributed by atoms with Crippen molar-refractivity contribution in [1.82, 2.24) is 9.97 Å². The highest BCUT2D eigenvalue weighted by molar-refractivity contribution is 9.10. The summed E-state index contributed by atoms with van der Waals surface area (Å²) in [5, 5.41) is 0. The number of aromatic nitrogens is 2. The van der Waals surface area contributed by atoms with Crippen LogP contribution in [0.15, 0.2) is 34.9 Å². The summed E-state index contributed by atoms with van der Waals surface area (Å²) >= 11 is 3.48. The third-order valence-corrected chi connectivity index (χ3v) is 2.90. The average Bonchev–Trinajstić information content (AvgIpc) is 2.66. The minimum absolute atomic E-state index is 0.105. The zero-order valence-electron chi connectivity index (χ0n) is 8.83. The fraction of sp³-hybridized carbons (Fsp3) is 0.167. The van der Waals surface area contributed by atoms with Crippen LogP contribution in [-0.4, -0.2) is 15.8 Å². The van der Waals surface area contributed by atoms with Crippen molar-refractivity contribution in [3.8, 4) is 11.3 Å². The topological polar surface area (TPSA) is 45.8 Å². The van der Waals surface area contributed by atoms with Gasteiger partial charge in [-0.05, 0) is 13.0 Å². The van der Waals surface area contributed by atoms with Gasteiger partial charge in [0.15, 0.2) is 0 Å². The molecular formula is C12H11BrN2O. The molecule has 0 amide bonds. The third kappa shape index (κ3) is 2.39. The van der Waals surface area contributed by atoms with Crippen molar-refractivity contribution in [2.24, 2.45) is 0 Å². The number of nitrogens with one attached hydrogen (secondary N) is 1. The van der Waals surface area contributed by atoms with E-state index in [2.05, 4.69) is 25.9 Å². The molecule has 0 aliphatic rings. The zero-order valence-corrected chi connectivity index (χ0v) is 10.4. The minimum atomic E-state index is 0.105. The van der Waals surface area contributed by atoms with E-state index >= 15 is 0 Å². The standard InChI is InChI=1S/C12H11BrN2O/c1-8(16)6-12-14-7-11(15-12)9-4-2-3-5-10(9)13/h2-5,7H,6H2,1H3,(H,14,15). The first kappa shape index (κ1) is 11.1. The summed E-state index contributed by atoms with van der Waals surface area (Å²) in [7, 11) is 0. The number of H-pyrrole nitrogens is 1. The van der Waals surface area contributed by atoms with E-state index in [1.54, 1.807) is 13.1 Å². The van der Waals surface area contributed by atoms with Gasteiger partial charge in [0, 0.05) is 10.0 Å². The quantitative estimate of drug-likeness (QED) is 0.938. The molecule has 4 heteroatoms. The number of nitrogens with zero attached hydrogens (tertiary/aromatic N) is 1. The molecule has 0 spiro atoms. The lowest BCUT2D eigenvalue weighted by Crippen LogP contribution is -1.97. The number of benzene rings is 1. The van der Waals surface area contributed by atoms with Crippen molar-refractivity contribution in [2.45, 2.75) is 13.3 Å². The number of hydrogen-bond acceptors (Lipinski definition) is 2. The molecule has 0 aliphatic heterocycles. The van der Waals surface area contributed by atoms with Crippen LogP contribution < -0.4 is 0 Å². The summed E-state index contributed by atoms with van der Waals surface area (Å²) < 4.78 is 1.01. The number of carbonyl (C=O) groups is 1. The lowest BCUT2D eigenvalue weighted by atomic mass is 10.2. The van der Waals surface area contributed by atoms with Gasteiger partial charge in [-0.15, -0.1) is 0 Å². The maximum Gasteiger partial charge on any atom is 0.137 e. The van der Waals surface area contributed by atoms with E-state index in [1.165, 1.54) is 0 Å². The van der Waals surface area contributed by atoms with Crippen LogP contribution >= 0.6 is 15.9 Å². The smallest absolute Gasteiger partial charge is 0.137 e. The second-order valence-electron chi connectivity index (χ2n) is 3.60. The van der Waals surface area contributed by atoms with Gasteiger partial charge in [-0.25, -0.2) is 4.98 Å². The summed E-state index contributed by atoms with van der Waals surface area (Å²) in [4.78, 5) is 18.3. The van der Waals surface area contributed by atoms with E-state index < -0.39 is 0 Å². The molecule has 2 rings (SSSR count). The number of aromatic amines is 1. The Labute approximate surface area is 102 Å². The van der Waals surface area contributed by atoms with E-state index in [0.29, 0.717) is 12.2 Å². The molecule has 0 saturated heterocycles. The molecule has 0 saturated carbocycles. The Hall–Kier alpha value is -1.42. The molecule has 1 aromatic heterocycles. The maximum atomic E-state index is 11.0. The predicted molar refractivity (Wildman–Crippen MR) is 66.1 cm³/mol. The Bertz CT molecular complexity index is 519. The SMILES string of the molecule is CC(=O)Cc1ncc(-c2ccccc2Br)[nH]1. The fourth-order valence-electron chi connectivity index (χ4n) is 1.50. The van der Waals surface area contributed by atoms with Crippen LogP contribution in [0.5, 0.6) is 0 Å². The second-order valence-corrected chi connectivity index (χ2v) is 4.46. The Morgan fingerprint density at radius 1 is 1.44 bits per heavy atom. The number of hydrogen-bond donors (Lipinski definition) is 1. The Morgan fingerprint density at radius 3 is 2.88 bits per heavy atom. The summed E-state index contributed by atoms with van der Waals surface area (Å²) in [5.74, 6) is 0.811. The molecule has 1 heterocycles. The lowest BCUT2D eigenvalue weighted by Gasteiger charge is -1.99. The normalized spacial score (nSPS) is 10.4. The molecule has 2 aromatic rings. The number of ketones is 1. The van der Waals surface area contributed by atoms with E-state index in [0.717, 1.165) is 15.7 Å². The molecule has 0 aliphatic carbocycles. The number of rotatable bonds is 3. The molecule has 1 N–H and O–H groups in total. The molecule has 0 radical (unpaired) electrons. The maximum absolute atomic E-state index is 11.0. The first-order valence-electron chi connectivity index (χ1n) is 4.95. The van der Waals surface area contributed by atoms with Crippen LogP contribution in [0, 0.1) is 0 Å². The number of Topliss-reactive ketones (excluding diaryl/α,β-unsaturated/α-hetero) is 1. The molecule has 82 valence electrons. The van der Waals surface area contributed by atoms with Crippen LogP contribution in [0.25, 0.3) is 11.3 Å². The van der Waals surface area contributed by atoms with Crippen molar-refractivity contribution in [1.29, 1.82) is 0 Å². The monoisotopic (exact) mass is 278 g/mol. The van der Waals surface area contributed by atoms with Crippen LogP contribution in [0.2, 0.25) is 0 Å². The van der Waals surface area contributed by atoms with Gasteiger partial charge < -0.3 is 4.98 Å². The van der Waals surface area contributed by atoms with E-state index in [-0.39, 0.29) is 5.78 Å². The summed E-state index contributed by atoms with van der Waals surface area (Å²) in [6, 6.07) is 7.89. The molecule has 0 bridgehead atoms. The Morgan fingerprint density at radius 2 is 2.19 bits per heavy atom. The summed E-state index contributed by atoms with van der Waals surface area (Å²) in [5.41, 5.74) is 1.97. The number of carbonyl (C=O) groups excluding carboxylic acids is 1. The third-order valence-electron chi connectivity index (χ3n) is 2.21. The molecular weight excluding hydrogens is 268 g/mol. The molecule has 0 unspecified atom stereocenters. The van der Waals surface area contributed by atoms with E-state index in [1.807, 2.05) is 24.3 Å². The molecule has 0 atom stereocenters. The van der Waals surface area contributed by atoms with Crippen molar-refractivity contribution in [3.05, 3.63) is 40.8 Å². The molecule has 1 aromatic carbocycles. The van der Waals surface area contributed by atoms with Gasteiger partial charge in [0.1, 0.15) is 11.6 Å². The highest BCUT2D eigenvalue weighted by Crippen LogP contribution is 2.26. The van der Waals surface area contributed by atoms with Crippen molar-refractivity contribution < 1.29 is 4.79 Å². The van der Waals surface area contributed by atoms with E-state index in [9.17, 15) is 4.79 Å². The first-order chi connectivity index (χ1) is 7.66. The van der Waals surface area contributed by atoms with Crippen molar-refractivity contribution in [2.75, 3.05) is 0 Å². The summed E-state index contributed by atoms with van der Waals surface area (Å²) in [6.07, 6.45) is 2.10. The van der Waals surface area contributed by atoms with Gasteiger partial charge in [0.2, 0.25) is 0 Å². The van der Waals surface area contributed by atoms with Gasteiger partial charge in [-0.2, -0.15) is 0 Å². The Balaban J connectivity index is 2.32. The van der Waals surface area contributed by atoms with Gasteiger partial charge in [0.25, 0.3) is 0 Å². The fourth-order valence-corrected chi connectivity index (χ4v) is 2.00. The Kier molecular flexibility index (Phi) is 3.19. The van der Waals surface area contributed by atoms with Crippen LogP contribution in [0.3, 0.4) is 0 Å². The van der Waals surface area contributed by atoms with Crippen LogP contribution in [-0.2, 0) is 11.2 Å². The van der Waals surface area contributed by atoms with Gasteiger partial charge in [-0.3, -0.25) is 4.79 Å². The number of imidazole rings is 1. The molecule has 16 heavy (non-hydrogen) atoms. The predicted octanol–water partition coefficient (Wildman–Crippen LogP) is 2.97.